The van der Waals surface area contributed by atoms with Crippen molar-refractivity contribution in [1.82, 2.24) is 9.97 Å². The lowest BCUT2D eigenvalue weighted by atomic mass is 9.89. The summed E-state index contributed by atoms with van der Waals surface area (Å²) in [6, 6.07) is 11.6. The SMILES string of the molecule is CCCN(CCC)c1ccc(C(F)(F)F)cn1.Cc1cc(OC2CCC(C)CC2)ccn1.Cc1ccc(C#N)c(C(F)(F)F)c1. The van der Waals surface area contributed by atoms with Gasteiger partial charge in [-0.2, -0.15) is 31.6 Å². The van der Waals surface area contributed by atoms with Gasteiger partial charge in [-0.1, -0.05) is 32.4 Å². The van der Waals surface area contributed by atoms with E-state index in [1.807, 2.05) is 44.0 Å². The summed E-state index contributed by atoms with van der Waals surface area (Å²) in [6.45, 7) is 11.6. The first-order valence-corrected chi connectivity index (χ1v) is 15.1. The van der Waals surface area contributed by atoms with Crippen LogP contribution >= 0.6 is 0 Å². The fourth-order valence-corrected chi connectivity index (χ4v) is 4.74. The summed E-state index contributed by atoms with van der Waals surface area (Å²) in [5.41, 5.74) is -0.384. The average molecular weight is 637 g/mol. The summed E-state index contributed by atoms with van der Waals surface area (Å²) in [5, 5.41) is 8.42. The molecule has 0 unspecified atom stereocenters. The zero-order chi connectivity index (χ0) is 33.6. The molecule has 0 N–H and O–H groups in total. The van der Waals surface area contributed by atoms with Gasteiger partial charge in [0.15, 0.2) is 0 Å². The number of alkyl halides is 6. The maximum atomic E-state index is 12.4. The largest absolute Gasteiger partial charge is 0.490 e. The van der Waals surface area contributed by atoms with Crippen LogP contribution in [0.4, 0.5) is 32.2 Å². The van der Waals surface area contributed by atoms with Crippen molar-refractivity contribution >= 4 is 5.82 Å². The minimum Gasteiger partial charge on any atom is -0.490 e. The maximum absolute atomic E-state index is 12.4. The van der Waals surface area contributed by atoms with Gasteiger partial charge < -0.3 is 9.64 Å². The molecule has 1 aliphatic carbocycles. The molecule has 5 nitrogen and oxygen atoms in total. The quantitative estimate of drug-likeness (QED) is 0.242. The van der Waals surface area contributed by atoms with Crippen LogP contribution in [0.2, 0.25) is 0 Å². The lowest BCUT2D eigenvalue weighted by Gasteiger charge is -2.26. The first-order valence-electron chi connectivity index (χ1n) is 15.1. The molecule has 0 spiro atoms. The van der Waals surface area contributed by atoms with Crippen molar-refractivity contribution in [2.75, 3.05) is 18.0 Å². The molecular formula is C34H42F6N4O. The number of nitriles is 1. The molecule has 3 aromatic rings. The summed E-state index contributed by atoms with van der Waals surface area (Å²) in [6.07, 6.45) is 1.26. The Labute approximate surface area is 262 Å². The number of nitrogens with zero attached hydrogens (tertiary/aromatic N) is 4. The molecule has 0 radical (unpaired) electrons. The van der Waals surface area contributed by atoms with Crippen molar-refractivity contribution in [2.24, 2.45) is 5.92 Å². The fraction of sp³-hybridized carbons (Fsp3) is 0.500. The van der Waals surface area contributed by atoms with Gasteiger partial charge in [0.1, 0.15) is 11.6 Å². The minimum atomic E-state index is -4.45. The molecule has 246 valence electrons. The molecule has 2 aromatic heterocycles. The van der Waals surface area contributed by atoms with Crippen molar-refractivity contribution in [1.29, 1.82) is 5.26 Å². The zero-order valence-corrected chi connectivity index (χ0v) is 26.5. The summed E-state index contributed by atoms with van der Waals surface area (Å²) in [5.74, 6) is 2.47. The van der Waals surface area contributed by atoms with Crippen LogP contribution in [0.15, 0.2) is 54.9 Å². The highest BCUT2D eigenvalue weighted by Crippen LogP contribution is 2.32. The zero-order valence-electron chi connectivity index (χ0n) is 26.5. The second kappa shape index (κ2) is 17.6. The van der Waals surface area contributed by atoms with E-state index in [0.29, 0.717) is 17.5 Å². The Bertz CT molecular complexity index is 1340. The molecule has 4 rings (SSSR count). The van der Waals surface area contributed by atoms with Crippen molar-refractivity contribution < 1.29 is 31.1 Å². The highest BCUT2D eigenvalue weighted by molar-refractivity contribution is 5.42. The van der Waals surface area contributed by atoms with Gasteiger partial charge in [-0.05, 0) is 88.6 Å². The van der Waals surface area contributed by atoms with Crippen LogP contribution in [0.5, 0.6) is 5.75 Å². The molecule has 11 heteroatoms. The van der Waals surface area contributed by atoms with E-state index in [-0.39, 0.29) is 5.56 Å². The lowest BCUT2D eigenvalue weighted by Crippen LogP contribution is -2.25. The van der Waals surface area contributed by atoms with Gasteiger partial charge in [-0.25, -0.2) is 4.98 Å². The second-order valence-corrected chi connectivity index (χ2v) is 11.2. The summed E-state index contributed by atoms with van der Waals surface area (Å²) in [7, 11) is 0. The predicted octanol–water partition coefficient (Wildman–Crippen LogP) is 9.96. The Hall–Kier alpha value is -3.81. The number of rotatable bonds is 7. The lowest BCUT2D eigenvalue weighted by molar-refractivity contribution is -0.138. The summed E-state index contributed by atoms with van der Waals surface area (Å²) < 4.78 is 79.8. The third kappa shape index (κ3) is 13.0. The van der Waals surface area contributed by atoms with Gasteiger partial charge in [0, 0.05) is 37.2 Å². The molecule has 1 aliphatic rings. The summed E-state index contributed by atoms with van der Waals surface area (Å²) >= 11 is 0. The third-order valence-electron chi connectivity index (χ3n) is 7.12. The van der Waals surface area contributed by atoms with E-state index in [9.17, 15) is 26.3 Å². The van der Waals surface area contributed by atoms with E-state index in [0.717, 1.165) is 61.6 Å². The smallest absolute Gasteiger partial charge is 0.417 e. The highest BCUT2D eigenvalue weighted by Gasteiger charge is 2.33. The van der Waals surface area contributed by atoms with Crippen molar-refractivity contribution in [3.63, 3.8) is 0 Å². The van der Waals surface area contributed by atoms with Crippen LogP contribution in [0.3, 0.4) is 0 Å². The highest BCUT2D eigenvalue weighted by atomic mass is 19.4. The molecule has 0 atom stereocenters. The van der Waals surface area contributed by atoms with Crippen molar-refractivity contribution in [2.45, 2.75) is 91.6 Å². The van der Waals surface area contributed by atoms with Crippen LogP contribution in [-0.4, -0.2) is 29.2 Å². The number of halogens is 6. The van der Waals surface area contributed by atoms with Gasteiger partial charge in [-0.3, -0.25) is 4.98 Å². The Kier molecular flexibility index (Phi) is 14.6. The van der Waals surface area contributed by atoms with Gasteiger partial charge >= 0.3 is 12.4 Å². The van der Waals surface area contributed by atoms with Crippen molar-refractivity contribution in [3.05, 3.63) is 82.8 Å². The van der Waals surface area contributed by atoms with Gasteiger partial charge in [-0.15, -0.1) is 0 Å². The number of pyridine rings is 2. The molecule has 0 amide bonds. The van der Waals surface area contributed by atoms with Crippen LogP contribution in [-0.2, 0) is 12.4 Å². The Morgan fingerprint density at radius 3 is 2.00 bits per heavy atom. The van der Waals surface area contributed by atoms with Gasteiger partial charge in [0.25, 0.3) is 0 Å². The van der Waals surface area contributed by atoms with E-state index in [1.54, 1.807) is 6.92 Å². The van der Waals surface area contributed by atoms with Crippen LogP contribution in [0.25, 0.3) is 0 Å². The van der Waals surface area contributed by atoms with E-state index in [2.05, 4.69) is 16.9 Å². The predicted molar refractivity (Wildman–Crippen MR) is 164 cm³/mol. The molecule has 0 saturated heterocycles. The molecule has 0 aliphatic heterocycles. The Morgan fingerprint density at radius 1 is 0.867 bits per heavy atom. The van der Waals surface area contributed by atoms with Crippen LogP contribution in [0.1, 0.15) is 87.2 Å². The second-order valence-electron chi connectivity index (χ2n) is 11.2. The number of anilines is 1. The van der Waals surface area contributed by atoms with Crippen molar-refractivity contribution in [3.8, 4) is 11.8 Å². The maximum Gasteiger partial charge on any atom is 0.417 e. The molecular weight excluding hydrogens is 594 g/mol. The molecule has 0 bridgehead atoms. The summed E-state index contributed by atoms with van der Waals surface area (Å²) in [4.78, 5) is 10.1. The van der Waals surface area contributed by atoms with E-state index in [4.69, 9.17) is 10.00 Å². The molecule has 1 fully saturated rings. The monoisotopic (exact) mass is 636 g/mol. The molecule has 1 saturated carbocycles. The standard InChI is InChI=1S/C13H19NO.C12H17F3N2.C9H6F3N/c1-10-3-5-12(6-4-10)15-13-7-8-14-11(2)9-13;1-3-7-17(8-4-2)11-6-5-10(9-16-11)12(13,14)15;1-6-2-3-7(5-13)8(4-6)9(10,11)12/h7-10,12H,3-6H2,1-2H3;5-6,9H,3-4,7-8H2,1-2H3;2-4H,1H3. The number of ether oxygens (including phenoxy) is 1. The fourth-order valence-electron chi connectivity index (χ4n) is 4.74. The molecule has 45 heavy (non-hydrogen) atoms. The average Bonchev–Trinajstić information content (AvgIpc) is 2.98. The van der Waals surface area contributed by atoms with E-state index >= 15 is 0 Å². The Balaban J connectivity index is 0.000000237. The van der Waals surface area contributed by atoms with E-state index < -0.39 is 23.5 Å². The third-order valence-corrected chi connectivity index (χ3v) is 7.12. The number of hydrogen-bond acceptors (Lipinski definition) is 5. The number of hydrogen-bond donors (Lipinski definition) is 0. The normalized spacial score (nSPS) is 16.3. The first kappa shape index (κ1) is 37.4. The number of aryl methyl sites for hydroxylation is 2. The Morgan fingerprint density at radius 2 is 1.51 bits per heavy atom. The molecule has 1 aromatic carbocycles. The minimum absolute atomic E-state index is 0.335. The van der Waals surface area contributed by atoms with E-state index in [1.165, 1.54) is 50.0 Å². The van der Waals surface area contributed by atoms with Gasteiger partial charge in [0.2, 0.25) is 0 Å². The number of benzene rings is 1. The van der Waals surface area contributed by atoms with Gasteiger partial charge in [0.05, 0.1) is 28.9 Å². The van der Waals surface area contributed by atoms with Crippen LogP contribution < -0.4 is 9.64 Å². The number of aromatic nitrogens is 2. The topological polar surface area (TPSA) is 62.0 Å². The first-order chi connectivity index (χ1) is 21.2. The van der Waals surface area contributed by atoms with Crippen LogP contribution in [0, 0.1) is 31.1 Å². The molecule has 2 heterocycles.